The van der Waals surface area contributed by atoms with E-state index in [4.69, 9.17) is 4.74 Å². The van der Waals surface area contributed by atoms with Gasteiger partial charge in [-0.2, -0.15) is 18.3 Å². The smallest absolute Gasteiger partial charge is 0.461 e. The molecule has 11 heteroatoms. The predicted molar refractivity (Wildman–Crippen MR) is 89.3 cm³/mol. The van der Waals surface area contributed by atoms with Crippen molar-refractivity contribution in [2.24, 2.45) is 11.0 Å². The summed E-state index contributed by atoms with van der Waals surface area (Å²) < 4.78 is 43.5. The Bertz CT molecular complexity index is 726. The summed E-state index contributed by atoms with van der Waals surface area (Å²) in [6.07, 6.45) is -6.54. The highest BCUT2D eigenvalue weighted by atomic mass is 79.9. The molecule has 2 atom stereocenters. The van der Waals surface area contributed by atoms with Crippen molar-refractivity contribution in [2.75, 3.05) is 18.2 Å². The number of halogens is 4. The molecule has 26 heavy (non-hydrogen) atoms. The Morgan fingerprint density at radius 2 is 2.12 bits per heavy atom. The topological polar surface area (TPSA) is 91.2 Å². The fourth-order valence-corrected chi connectivity index (χ4v) is 2.76. The van der Waals surface area contributed by atoms with E-state index in [0.717, 1.165) is 5.01 Å². The molecule has 0 radical (unpaired) electrons. The molecule has 0 aromatic heterocycles. The fourth-order valence-electron chi connectivity index (χ4n) is 2.37. The molecule has 0 spiro atoms. The van der Waals surface area contributed by atoms with Crippen LogP contribution < -0.4 is 10.3 Å². The zero-order valence-corrected chi connectivity index (χ0v) is 15.0. The van der Waals surface area contributed by atoms with Crippen molar-refractivity contribution in [3.05, 3.63) is 28.7 Å². The van der Waals surface area contributed by atoms with Crippen LogP contribution in [0.25, 0.3) is 0 Å². The number of aliphatic hydroxyl groups excluding tert-OH is 1. The molecule has 0 saturated heterocycles. The number of ether oxygens (including phenoxy) is 1. The first-order chi connectivity index (χ1) is 12.2. The van der Waals surface area contributed by atoms with Gasteiger partial charge in [0.05, 0.1) is 24.8 Å². The van der Waals surface area contributed by atoms with Gasteiger partial charge in [0.25, 0.3) is 0 Å². The fraction of sp³-hybridized carbons (Fsp3) is 0.400. The number of aliphatic hydroxyl groups is 1. The maximum Gasteiger partial charge on any atom is 0.471 e. The molecular weight excluding hydrogens is 423 g/mol. The van der Waals surface area contributed by atoms with Crippen LogP contribution in [-0.4, -0.2) is 48.3 Å². The van der Waals surface area contributed by atoms with E-state index in [-0.39, 0.29) is 12.3 Å². The first-order valence-corrected chi connectivity index (χ1v) is 8.27. The standard InChI is InChI=1S/C15H15BrF3N3O4/c1-2-26-13(24)11-10(7-23)12(20-14(25)15(17,18)19)22(21-11)9-5-3-4-8(16)6-9/h3-6,10,12,23H,2,7H2,1H3,(H,20,25). The highest BCUT2D eigenvalue weighted by Gasteiger charge is 2.47. The van der Waals surface area contributed by atoms with Crippen LogP contribution >= 0.6 is 15.9 Å². The molecule has 1 heterocycles. The Labute approximate surface area is 154 Å². The third-order valence-corrected chi connectivity index (χ3v) is 4.00. The Balaban J connectivity index is 2.43. The summed E-state index contributed by atoms with van der Waals surface area (Å²) in [4.78, 5) is 23.5. The molecule has 1 aliphatic rings. The minimum atomic E-state index is -5.13. The Hall–Kier alpha value is -2.14. The highest BCUT2D eigenvalue weighted by molar-refractivity contribution is 9.10. The zero-order chi connectivity index (χ0) is 19.5. The number of nitrogens with zero attached hydrogens (tertiary/aromatic N) is 2. The van der Waals surface area contributed by atoms with Gasteiger partial charge in [-0.15, -0.1) is 0 Å². The van der Waals surface area contributed by atoms with Gasteiger partial charge in [-0.25, -0.2) is 9.80 Å². The van der Waals surface area contributed by atoms with Crippen molar-refractivity contribution in [1.29, 1.82) is 0 Å². The number of esters is 1. The van der Waals surface area contributed by atoms with E-state index in [9.17, 15) is 27.9 Å². The lowest BCUT2D eigenvalue weighted by atomic mass is 10.0. The lowest BCUT2D eigenvalue weighted by molar-refractivity contribution is -0.174. The minimum Gasteiger partial charge on any atom is -0.461 e. The second-order valence-corrected chi connectivity index (χ2v) is 6.15. The van der Waals surface area contributed by atoms with Crippen molar-refractivity contribution in [3.63, 3.8) is 0 Å². The molecule has 1 aromatic rings. The minimum absolute atomic E-state index is 0.0203. The summed E-state index contributed by atoms with van der Waals surface area (Å²) in [6.45, 7) is 0.855. The van der Waals surface area contributed by atoms with E-state index in [0.29, 0.717) is 10.2 Å². The molecule has 0 bridgehead atoms. The molecule has 142 valence electrons. The van der Waals surface area contributed by atoms with Gasteiger partial charge >= 0.3 is 18.1 Å². The van der Waals surface area contributed by atoms with Crippen molar-refractivity contribution in [2.45, 2.75) is 19.3 Å². The third-order valence-electron chi connectivity index (χ3n) is 3.50. The molecule has 7 nitrogen and oxygen atoms in total. The van der Waals surface area contributed by atoms with Gasteiger partial charge in [-0.1, -0.05) is 22.0 Å². The normalized spacial score (nSPS) is 19.9. The summed E-state index contributed by atoms with van der Waals surface area (Å²) in [7, 11) is 0. The number of nitrogens with one attached hydrogen (secondary N) is 1. The second kappa shape index (κ2) is 8.04. The van der Waals surface area contributed by atoms with Crippen LogP contribution in [0, 0.1) is 5.92 Å². The number of alkyl halides is 3. The van der Waals surface area contributed by atoms with Gasteiger partial charge in [0.15, 0.2) is 5.71 Å². The number of carbonyl (C=O) groups is 2. The van der Waals surface area contributed by atoms with Crippen molar-refractivity contribution in [1.82, 2.24) is 5.32 Å². The van der Waals surface area contributed by atoms with E-state index in [1.165, 1.54) is 6.07 Å². The van der Waals surface area contributed by atoms with Gasteiger partial charge in [0.1, 0.15) is 6.17 Å². The van der Waals surface area contributed by atoms with E-state index in [1.54, 1.807) is 30.4 Å². The summed E-state index contributed by atoms with van der Waals surface area (Å²) in [6, 6.07) is 6.36. The number of rotatable bonds is 5. The van der Waals surface area contributed by atoms with Crippen LogP contribution in [0.4, 0.5) is 18.9 Å². The van der Waals surface area contributed by atoms with Crippen molar-refractivity contribution < 1.29 is 32.6 Å². The Morgan fingerprint density at radius 3 is 2.65 bits per heavy atom. The molecule has 0 saturated carbocycles. The van der Waals surface area contributed by atoms with E-state index < -0.39 is 36.7 Å². The Morgan fingerprint density at radius 1 is 1.42 bits per heavy atom. The number of hydrogen-bond donors (Lipinski definition) is 2. The van der Waals surface area contributed by atoms with Gasteiger partial charge in [0, 0.05) is 4.47 Å². The first-order valence-electron chi connectivity index (χ1n) is 7.48. The number of benzene rings is 1. The zero-order valence-electron chi connectivity index (χ0n) is 13.5. The maximum atomic E-state index is 12.7. The van der Waals surface area contributed by atoms with Crippen molar-refractivity contribution >= 4 is 39.2 Å². The highest BCUT2D eigenvalue weighted by Crippen LogP contribution is 2.30. The maximum absolute atomic E-state index is 12.7. The van der Waals surface area contributed by atoms with Crippen LogP contribution in [0.3, 0.4) is 0 Å². The summed E-state index contributed by atoms with van der Waals surface area (Å²) >= 11 is 3.23. The number of hydrazone groups is 1. The molecule has 1 amide bonds. The molecule has 2 N–H and O–H groups in total. The number of hydrogen-bond acceptors (Lipinski definition) is 6. The summed E-state index contributed by atoms with van der Waals surface area (Å²) in [5.74, 6) is -4.28. The van der Waals surface area contributed by atoms with Crippen LogP contribution in [0.2, 0.25) is 0 Å². The number of anilines is 1. The molecule has 2 unspecified atom stereocenters. The summed E-state index contributed by atoms with van der Waals surface area (Å²) in [5.41, 5.74) is 0.0337. The van der Waals surface area contributed by atoms with Crippen LogP contribution in [-0.2, 0) is 14.3 Å². The first kappa shape index (κ1) is 20.2. The number of amides is 1. The summed E-state index contributed by atoms with van der Waals surface area (Å²) in [5, 5.41) is 16.4. The molecule has 1 aromatic carbocycles. The average molecular weight is 438 g/mol. The van der Waals surface area contributed by atoms with Crippen molar-refractivity contribution in [3.8, 4) is 0 Å². The lowest BCUT2D eigenvalue weighted by Gasteiger charge is -2.28. The predicted octanol–water partition coefficient (Wildman–Crippen LogP) is 1.80. The van der Waals surface area contributed by atoms with Gasteiger partial charge in [-0.05, 0) is 25.1 Å². The third kappa shape index (κ3) is 4.33. The monoisotopic (exact) mass is 437 g/mol. The van der Waals surface area contributed by atoms with E-state index >= 15 is 0 Å². The lowest BCUT2D eigenvalue weighted by Crippen LogP contribution is -2.53. The molecule has 1 aliphatic heterocycles. The Kier molecular flexibility index (Phi) is 6.24. The van der Waals surface area contributed by atoms with Crippen LogP contribution in [0.1, 0.15) is 6.92 Å². The largest absolute Gasteiger partial charge is 0.471 e. The molecule has 2 rings (SSSR count). The molecular formula is C15H15BrF3N3O4. The van der Waals surface area contributed by atoms with E-state index in [2.05, 4.69) is 21.0 Å². The average Bonchev–Trinajstić information content (AvgIpc) is 2.92. The van der Waals surface area contributed by atoms with Crippen LogP contribution in [0.5, 0.6) is 0 Å². The van der Waals surface area contributed by atoms with E-state index in [1.807, 2.05) is 0 Å². The quantitative estimate of drug-likeness (QED) is 0.685. The van der Waals surface area contributed by atoms with Gasteiger partial charge in [-0.3, -0.25) is 4.79 Å². The van der Waals surface area contributed by atoms with Gasteiger partial charge < -0.3 is 15.2 Å². The molecule has 0 aliphatic carbocycles. The molecule has 0 fully saturated rings. The number of carbonyl (C=O) groups excluding carboxylic acids is 2. The van der Waals surface area contributed by atoms with Gasteiger partial charge in [0.2, 0.25) is 0 Å². The van der Waals surface area contributed by atoms with Crippen LogP contribution in [0.15, 0.2) is 33.8 Å². The SMILES string of the molecule is CCOC(=O)C1=NN(c2cccc(Br)c2)C(NC(=O)C(F)(F)F)C1CO. The second-order valence-electron chi connectivity index (χ2n) is 5.24.